The molecule has 3 heteroatoms. The maximum absolute atomic E-state index is 15.0. The molecular weight excluding hydrogens is 445 g/mol. The van der Waals surface area contributed by atoms with Gasteiger partial charge in [0.05, 0.1) is 18.7 Å². The summed E-state index contributed by atoms with van der Waals surface area (Å²) in [5.41, 5.74) is 3.93. The molecule has 1 fully saturated rings. The van der Waals surface area contributed by atoms with E-state index in [2.05, 4.69) is 19.1 Å². The molecule has 0 aromatic heterocycles. The summed E-state index contributed by atoms with van der Waals surface area (Å²) in [4.78, 5) is 0. The van der Waals surface area contributed by atoms with E-state index in [1.54, 1.807) is 0 Å². The zero-order chi connectivity index (χ0) is 25.8. The second kappa shape index (κ2) is 15.0. The molecule has 0 amide bonds. The molecule has 1 saturated carbocycles. The third kappa shape index (κ3) is 7.58. The molecule has 1 aliphatic rings. The lowest BCUT2D eigenvalue weighted by Gasteiger charge is -2.29. The molecule has 0 bridgehead atoms. The first-order valence-corrected chi connectivity index (χ1v) is 14.5. The fourth-order valence-corrected chi connectivity index (χ4v) is 5.97. The molecule has 0 heterocycles. The monoisotopic (exact) mass is 491 g/mol. The Balaban J connectivity index is 1.57. The van der Waals surface area contributed by atoms with Crippen molar-refractivity contribution in [3.63, 3.8) is 0 Å². The van der Waals surface area contributed by atoms with E-state index in [9.17, 15) is 5.26 Å². The SMILES string of the molecule is CCCCCCCCCCC1CCC(c2ccc(-c3ccc(CCC)c(F)c3OC)c(C#N)c2)CC1. The van der Waals surface area contributed by atoms with Crippen LogP contribution in [0, 0.1) is 23.1 Å². The molecule has 196 valence electrons. The Hall–Kier alpha value is -2.34. The summed E-state index contributed by atoms with van der Waals surface area (Å²) in [7, 11) is 1.50. The number of nitrogens with zero attached hydrogens (tertiary/aromatic N) is 1. The van der Waals surface area contributed by atoms with Crippen molar-refractivity contribution in [2.45, 2.75) is 116 Å². The third-order valence-corrected chi connectivity index (χ3v) is 8.14. The minimum absolute atomic E-state index is 0.242. The van der Waals surface area contributed by atoms with Gasteiger partial charge in [-0.3, -0.25) is 0 Å². The van der Waals surface area contributed by atoms with Crippen LogP contribution in [0.5, 0.6) is 5.75 Å². The fraction of sp³-hybridized carbons (Fsp3) is 0.606. The highest BCUT2D eigenvalue weighted by Crippen LogP contribution is 2.41. The van der Waals surface area contributed by atoms with Gasteiger partial charge in [-0.1, -0.05) is 102 Å². The molecule has 0 spiro atoms. The van der Waals surface area contributed by atoms with Gasteiger partial charge in [-0.25, -0.2) is 4.39 Å². The van der Waals surface area contributed by atoms with Crippen molar-refractivity contribution < 1.29 is 9.13 Å². The molecule has 0 saturated heterocycles. The zero-order valence-corrected chi connectivity index (χ0v) is 22.9. The molecule has 1 aliphatic carbocycles. The van der Waals surface area contributed by atoms with Crippen LogP contribution in [0.1, 0.15) is 126 Å². The number of halogens is 1. The lowest BCUT2D eigenvalue weighted by Crippen LogP contribution is -2.13. The summed E-state index contributed by atoms with van der Waals surface area (Å²) in [5.74, 6) is 1.32. The van der Waals surface area contributed by atoms with Crippen LogP contribution in [0.4, 0.5) is 4.39 Å². The van der Waals surface area contributed by atoms with Gasteiger partial charge in [0.2, 0.25) is 0 Å². The minimum atomic E-state index is -0.306. The van der Waals surface area contributed by atoms with Crippen LogP contribution in [0.25, 0.3) is 11.1 Å². The van der Waals surface area contributed by atoms with Gasteiger partial charge in [-0.05, 0) is 61.1 Å². The van der Waals surface area contributed by atoms with Crippen LogP contribution in [-0.4, -0.2) is 7.11 Å². The zero-order valence-electron chi connectivity index (χ0n) is 22.9. The number of methoxy groups -OCH3 is 1. The maximum Gasteiger partial charge on any atom is 0.168 e. The van der Waals surface area contributed by atoms with E-state index >= 15 is 4.39 Å². The number of benzene rings is 2. The van der Waals surface area contributed by atoms with E-state index in [1.165, 1.54) is 96.1 Å². The number of hydrogen-bond donors (Lipinski definition) is 0. The molecule has 0 radical (unpaired) electrons. The van der Waals surface area contributed by atoms with Gasteiger partial charge in [0, 0.05) is 11.1 Å². The molecule has 0 N–H and O–H groups in total. The predicted molar refractivity (Wildman–Crippen MR) is 149 cm³/mol. The van der Waals surface area contributed by atoms with Gasteiger partial charge in [0.15, 0.2) is 11.6 Å². The van der Waals surface area contributed by atoms with E-state index in [0.29, 0.717) is 29.0 Å². The van der Waals surface area contributed by atoms with Crippen molar-refractivity contribution in [3.05, 3.63) is 52.8 Å². The minimum Gasteiger partial charge on any atom is -0.493 e. The van der Waals surface area contributed by atoms with Gasteiger partial charge >= 0.3 is 0 Å². The van der Waals surface area contributed by atoms with Crippen LogP contribution in [0.3, 0.4) is 0 Å². The molecular formula is C33H46FNO. The van der Waals surface area contributed by atoms with Crippen molar-refractivity contribution in [2.24, 2.45) is 5.92 Å². The van der Waals surface area contributed by atoms with Crippen LogP contribution in [0.2, 0.25) is 0 Å². The molecule has 2 nitrogen and oxygen atoms in total. The van der Waals surface area contributed by atoms with Crippen LogP contribution >= 0.6 is 0 Å². The number of aryl methyl sites for hydroxylation is 1. The number of ether oxygens (including phenoxy) is 1. The quantitative estimate of drug-likeness (QED) is 0.246. The summed E-state index contributed by atoms with van der Waals surface area (Å²) in [5, 5.41) is 9.93. The maximum atomic E-state index is 15.0. The molecule has 3 rings (SSSR count). The Kier molecular flexibility index (Phi) is 11.8. The average Bonchev–Trinajstić information content (AvgIpc) is 2.91. The van der Waals surface area contributed by atoms with Crippen LogP contribution in [-0.2, 0) is 6.42 Å². The average molecular weight is 492 g/mol. The first-order valence-electron chi connectivity index (χ1n) is 14.5. The van der Waals surface area contributed by atoms with Crippen molar-refractivity contribution in [3.8, 4) is 22.9 Å². The Morgan fingerprint density at radius 3 is 2.17 bits per heavy atom. The summed E-state index contributed by atoms with van der Waals surface area (Å²) in [6.07, 6.45) is 19.0. The van der Waals surface area contributed by atoms with Crippen LogP contribution < -0.4 is 4.74 Å². The van der Waals surface area contributed by atoms with Gasteiger partial charge in [-0.2, -0.15) is 5.26 Å². The Morgan fingerprint density at radius 1 is 0.861 bits per heavy atom. The van der Waals surface area contributed by atoms with Crippen molar-refractivity contribution in [1.82, 2.24) is 0 Å². The second-order valence-electron chi connectivity index (χ2n) is 10.8. The molecule has 0 atom stereocenters. The molecule has 0 unspecified atom stereocenters. The van der Waals surface area contributed by atoms with Gasteiger partial charge in [-0.15, -0.1) is 0 Å². The summed E-state index contributed by atoms with van der Waals surface area (Å²) in [6.45, 7) is 4.31. The second-order valence-corrected chi connectivity index (χ2v) is 10.8. The van der Waals surface area contributed by atoms with Crippen molar-refractivity contribution in [2.75, 3.05) is 7.11 Å². The fourth-order valence-electron chi connectivity index (χ4n) is 5.97. The number of nitriles is 1. The number of hydrogen-bond acceptors (Lipinski definition) is 2. The molecule has 2 aromatic rings. The normalized spacial score (nSPS) is 17.6. The topological polar surface area (TPSA) is 33.0 Å². The largest absolute Gasteiger partial charge is 0.493 e. The molecule has 2 aromatic carbocycles. The van der Waals surface area contributed by atoms with Gasteiger partial charge < -0.3 is 4.74 Å². The Morgan fingerprint density at radius 2 is 1.53 bits per heavy atom. The Labute approximate surface area is 219 Å². The summed E-state index contributed by atoms with van der Waals surface area (Å²) >= 11 is 0. The lowest BCUT2D eigenvalue weighted by atomic mass is 9.76. The standard InChI is InChI=1S/C33H46FNO/c1-4-6-7-8-9-10-11-12-14-25-15-17-26(18-16-25)28-20-21-30(29(23-28)24-35)31-22-19-27(13-5-2)32(34)33(31)36-3/h19-23,25-26H,4-18H2,1-3H3. The van der Waals surface area contributed by atoms with E-state index in [0.717, 1.165) is 17.9 Å². The van der Waals surface area contributed by atoms with E-state index in [4.69, 9.17) is 4.74 Å². The third-order valence-electron chi connectivity index (χ3n) is 8.14. The van der Waals surface area contributed by atoms with E-state index < -0.39 is 0 Å². The lowest BCUT2D eigenvalue weighted by molar-refractivity contribution is 0.301. The highest BCUT2D eigenvalue weighted by Gasteiger charge is 2.24. The van der Waals surface area contributed by atoms with Crippen molar-refractivity contribution >= 4 is 0 Å². The van der Waals surface area contributed by atoms with Crippen LogP contribution in [0.15, 0.2) is 30.3 Å². The first kappa shape index (κ1) is 28.2. The number of unbranched alkanes of at least 4 members (excludes halogenated alkanes) is 7. The van der Waals surface area contributed by atoms with Crippen molar-refractivity contribution in [1.29, 1.82) is 5.26 Å². The highest BCUT2D eigenvalue weighted by molar-refractivity contribution is 5.77. The first-order chi connectivity index (χ1) is 17.6. The van der Waals surface area contributed by atoms with E-state index in [-0.39, 0.29) is 11.6 Å². The summed E-state index contributed by atoms with van der Waals surface area (Å²) in [6, 6.07) is 12.3. The highest BCUT2D eigenvalue weighted by atomic mass is 19.1. The summed E-state index contributed by atoms with van der Waals surface area (Å²) < 4.78 is 20.5. The number of rotatable bonds is 14. The molecule has 36 heavy (non-hydrogen) atoms. The van der Waals surface area contributed by atoms with Gasteiger partial charge in [0.25, 0.3) is 0 Å². The smallest absolute Gasteiger partial charge is 0.168 e. The van der Waals surface area contributed by atoms with E-state index in [1.807, 2.05) is 31.2 Å². The predicted octanol–water partition coefficient (Wildman–Crippen LogP) is 10.1. The Bertz CT molecular complexity index is 984. The van der Waals surface area contributed by atoms with Gasteiger partial charge in [0.1, 0.15) is 0 Å². The molecule has 0 aliphatic heterocycles.